The molecule has 0 spiro atoms. The summed E-state index contributed by atoms with van der Waals surface area (Å²) in [7, 11) is 0. The summed E-state index contributed by atoms with van der Waals surface area (Å²) in [4.78, 5) is 30.0. The highest BCUT2D eigenvalue weighted by Crippen LogP contribution is 2.34. The first-order valence-electron chi connectivity index (χ1n) is 8.25. The number of nitrogens with one attached hydrogen (secondary N) is 2. The van der Waals surface area contributed by atoms with Crippen LogP contribution >= 0.6 is 0 Å². The molecular formula is C21H13N3O2. The molecule has 5 rings (SSSR count). The summed E-state index contributed by atoms with van der Waals surface area (Å²) in [5.74, 6) is 0. The third-order valence-corrected chi connectivity index (χ3v) is 4.78. The van der Waals surface area contributed by atoms with Crippen molar-refractivity contribution in [3.8, 4) is 11.1 Å². The van der Waals surface area contributed by atoms with Gasteiger partial charge in [-0.15, -0.1) is 4.91 Å². The summed E-state index contributed by atoms with van der Waals surface area (Å²) in [6.45, 7) is 0. The Hall–Kier alpha value is -3.73. The van der Waals surface area contributed by atoms with Crippen LogP contribution in [0.4, 0.5) is 5.69 Å². The topological polar surface area (TPSA) is 78.1 Å². The number of H-pyrrole nitrogens is 2. The molecule has 0 unspecified atom stereocenters. The van der Waals surface area contributed by atoms with Gasteiger partial charge in [-0.2, -0.15) is 0 Å². The molecule has 2 heterocycles. The molecule has 0 saturated carbocycles. The predicted molar refractivity (Wildman–Crippen MR) is 105 cm³/mol. The van der Waals surface area contributed by atoms with Gasteiger partial charge in [-0.1, -0.05) is 42.5 Å². The summed E-state index contributed by atoms with van der Waals surface area (Å²) in [6.07, 6.45) is 0. The number of fused-ring (bicyclic) bond motifs is 5. The van der Waals surface area contributed by atoms with E-state index in [0.717, 1.165) is 38.4 Å². The average molecular weight is 339 g/mol. The smallest absolute Gasteiger partial charge is 0.258 e. The number of nitrogens with zero attached hydrogens (tertiary/aromatic N) is 1. The molecule has 0 bridgehead atoms. The molecule has 0 aliphatic rings. The summed E-state index contributed by atoms with van der Waals surface area (Å²) >= 11 is 0. The van der Waals surface area contributed by atoms with Gasteiger partial charge in [-0.05, 0) is 35.0 Å². The second-order valence-electron chi connectivity index (χ2n) is 6.24. The van der Waals surface area contributed by atoms with E-state index in [1.165, 1.54) is 0 Å². The van der Waals surface area contributed by atoms with Crippen molar-refractivity contribution in [2.45, 2.75) is 0 Å². The van der Waals surface area contributed by atoms with Crippen LogP contribution in [-0.2, 0) is 0 Å². The average Bonchev–Trinajstić information content (AvgIpc) is 3.08. The molecule has 3 aromatic carbocycles. The maximum atomic E-state index is 12.6. The highest BCUT2D eigenvalue weighted by molar-refractivity contribution is 6.16. The zero-order valence-corrected chi connectivity index (χ0v) is 13.6. The molecule has 0 atom stereocenters. The lowest BCUT2D eigenvalue weighted by Gasteiger charge is -2.06. The van der Waals surface area contributed by atoms with Crippen molar-refractivity contribution in [2.24, 2.45) is 5.18 Å². The lowest BCUT2D eigenvalue weighted by Crippen LogP contribution is -2.05. The second kappa shape index (κ2) is 5.39. The number of hydrogen-bond donors (Lipinski definition) is 2. The normalized spacial score (nSPS) is 11.4. The standard InChI is InChI=1S/C21H13N3O2/c25-21-19-14-6-2-3-7-16(14)22-20(19)15-11-12(9-10-17(15)23-21)13-5-1-4-8-18(13)24-26/h1-11,22H,(H,23,25). The van der Waals surface area contributed by atoms with Crippen molar-refractivity contribution in [2.75, 3.05) is 0 Å². The van der Waals surface area contributed by atoms with E-state index in [1.807, 2.05) is 54.6 Å². The molecule has 2 N–H and O–H groups in total. The molecule has 5 aromatic rings. The Morgan fingerprint density at radius 3 is 2.42 bits per heavy atom. The van der Waals surface area contributed by atoms with Crippen LogP contribution in [0.2, 0.25) is 0 Å². The van der Waals surface area contributed by atoms with E-state index in [1.54, 1.807) is 12.1 Å². The van der Waals surface area contributed by atoms with Gasteiger partial charge in [0.25, 0.3) is 5.56 Å². The van der Waals surface area contributed by atoms with Gasteiger partial charge in [0.05, 0.1) is 16.4 Å². The molecule has 5 heteroatoms. The molecule has 2 aromatic heterocycles. The van der Waals surface area contributed by atoms with E-state index in [0.29, 0.717) is 11.1 Å². The molecule has 0 aliphatic carbocycles. The molecular weight excluding hydrogens is 326 g/mol. The molecule has 0 saturated heterocycles. The minimum absolute atomic E-state index is 0.118. The summed E-state index contributed by atoms with van der Waals surface area (Å²) in [6, 6.07) is 20.7. The van der Waals surface area contributed by atoms with Gasteiger partial charge >= 0.3 is 0 Å². The van der Waals surface area contributed by atoms with Crippen molar-refractivity contribution in [1.82, 2.24) is 9.97 Å². The van der Waals surface area contributed by atoms with Crippen molar-refractivity contribution in [1.29, 1.82) is 0 Å². The SMILES string of the molecule is O=Nc1ccccc1-c1ccc2[nH]c(=O)c3c4ccccc4[nH]c3c2c1. The molecule has 0 radical (unpaired) electrons. The number of pyridine rings is 1. The molecule has 26 heavy (non-hydrogen) atoms. The second-order valence-corrected chi connectivity index (χ2v) is 6.24. The third kappa shape index (κ3) is 2.01. The van der Waals surface area contributed by atoms with Crippen molar-refractivity contribution in [3.05, 3.63) is 82.0 Å². The monoisotopic (exact) mass is 339 g/mol. The lowest BCUT2D eigenvalue weighted by atomic mass is 10.0. The Bertz CT molecular complexity index is 1380. The van der Waals surface area contributed by atoms with E-state index >= 15 is 0 Å². The van der Waals surface area contributed by atoms with E-state index in [2.05, 4.69) is 15.1 Å². The Kier molecular flexibility index (Phi) is 3.03. The first-order valence-corrected chi connectivity index (χ1v) is 8.25. The van der Waals surface area contributed by atoms with Gasteiger partial charge in [-0.25, -0.2) is 0 Å². The van der Waals surface area contributed by atoms with Crippen LogP contribution in [-0.4, -0.2) is 9.97 Å². The zero-order valence-electron chi connectivity index (χ0n) is 13.6. The summed E-state index contributed by atoms with van der Waals surface area (Å²) in [5.41, 5.74) is 4.37. The number of para-hydroxylation sites is 1. The fourth-order valence-corrected chi connectivity index (χ4v) is 3.59. The number of aromatic nitrogens is 2. The number of aromatic amines is 2. The minimum Gasteiger partial charge on any atom is -0.354 e. The quantitative estimate of drug-likeness (QED) is 0.432. The van der Waals surface area contributed by atoms with E-state index < -0.39 is 0 Å². The lowest BCUT2D eigenvalue weighted by molar-refractivity contribution is 1.35. The van der Waals surface area contributed by atoms with Crippen molar-refractivity contribution < 1.29 is 0 Å². The fraction of sp³-hybridized carbons (Fsp3) is 0. The van der Waals surface area contributed by atoms with Gasteiger partial charge in [-0.3, -0.25) is 4.79 Å². The fourth-order valence-electron chi connectivity index (χ4n) is 3.59. The molecule has 0 fully saturated rings. The molecule has 124 valence electrons. The van der Waals surface area contributed by atoms with E-state index in [-0.39, 0.29) is 5.56 Å². The van der Waals surface area contributed by atoms with Gasteiger partial charge in [0.2, 0.25) is 0 Å². The molecule has 5 nitrogen and oxygen atoms in total. The van der Waals surface area contributed by atoms with E-state index in [4.69, 9.17) is 0 Å². The van der Waals surface area contributed by atoms with E-state index in [9.17, 15) is 9.70 Å². The molecule has 0 aliphatic heterocycles. The molecule has 0 amide bonds. The third-order valence-electron chi connectivity index (χ3n) is 4.78. The van der Waals surface area contributed by atoms with Gasteiger partial charge < -0.3 is 9.97 Å². The number of rotatable bonds is 2. The number of nitroso groups, excluding NO2 is 1. The first-order chi connectivity index (χ1) is 12.8. The maximum absolute atomic E-state index is 12.6. The summed E-state index contributed by atoms with van der Waals surface area (Å²) < 4.78 is 0. The Balaban J connectivity index is 1.91. The zero-order chi connectivity index (χ0) is 17.7. The van der Waals surface area contributed by atoms with Crippen molar-refractivity contribution >= 4 is 38.4 Å². The number of hydrogen-bond acceptors (Lipinski definition) is 3. The maximum Gasteiger partial charge on any atom is 0.258 e. The summed E-state index contributed by atoms with van der Waals surface area (Å²) in [5, 5.41) is 5.56. The van der Waals surface area contributed by atoms with Crippen LogP contribution in [0.25, 0.3) is 43.8 Å². The van der Waals surface area contributed by atoms with Crippen LogP contribution in [0, 0.1) is 4.91 Å². The Labute approximate surface area is 147 Å². The number of benzene rings is 3. The first kappa shape index (κ1) is 14.6. The minimum atomic E-state index is -0.118. The Morgan fingerprint density at radius 2 is 1.54 bits per heavy atom. The highest BCUT2D eigenvalue weighted by atomic mass is 16.3. The van der Waals surface area contributed by atoms with Crippen molar-refractivity contribution in [3.63, 3.8) is 0 Å². The highest BCUT2D eigenvalue weighted by Gasteiger charge is 2.13. The predicted octanol–water partition coefficient (Wildman–Crippen LogP) is 5.23. The van der Waals surface area contributed by atoms with Crippen LogP contribution in [0.1, 0.15) is 0 Å². The Morgan fingerprint density at radius 1 is 0.769 bits per heavy atom. The van der Waals surface area contributed by atoms with Gasteiger partial charge in [0.15, 0.2) is 0 Å². The van der Waals surface area contributed by atoms with Crippen LogP contribution < -0.4 is 5.56 Å². The van der Waals surface area contributed by atoms with Crippen LogP contribution in [0.15, 0.2) is 76.7 Å². The largest absolute Gasteiger partial charge is 0.354 e. The van der Waals surface area contributed by atoms with Gasteiger partial charge in [0, 0.05) is 21.9 Å². The van der Waals surface area contributed by atoms with Crippen LogP contribution in [0.3, 0.4) is 0 Å². The van der Waals surface area contributed by atoms with Gasteiger partial charge in [0.1, 0.15) is 5.69 Å². The van der Waals surface area contributed by atoms with Crippen LogP contribution in [0.5, 0.6) is 0 Å².